The van der Waals surface area contributed by atoms with Crippen LogP contribution in [0.25, 0.3) is 0 Å². The monoisotopic (exact) mass is 274 g/mol. The average molecular weight is 274 g/mol. The molecule has 0 aromatic heterocycles. The zero-order valence-corrected chi connectivity index (χ0v) is 12.9. The number of carbonyl (C=O) groups is 1. The minimum Gasteiger partial charge on any atom is -0.317 e. The van der Waals surface area contributed by atoms with Gasteiger partial charge in [0, 0.05) is 19.2 Å². The van der Waals surface area contributed by atoms with Crippen LogP contribution < -0.4 is 10.2 Å². The number of amides is 1. The van der Waals surface area contributed by atoms with E-state index in [1.165, 1.54) is 18.4 Å². The highest BCUT2D eigenvalue weighted by atomic mass is 16.2. The fourth-order valence-electron chi connectivity index (χ4n) is 2.97. The molecule has 1 unspecified atom stereocenters. The van der Waals surface area contributed by atoms with Crippen LogP contribution >= 0.6 is 0 Å². The van der Waals surface area contributed by atoms with Crippen molar-refractivity contribution in [3.63, 3.8) is 0 Å². The quantitative estimate of drug-likeness (QED) is 0.915. The van der Waals surface area contributed by atoms with E-state index in [0.717, 1.165) is 18.8 Å². The van der Waals surface area contributed by atoms with E-state index in [2.05, 4.69) is 31.3 Å². The Hall–Kier alpha value is -1.35. The molecule has 20 heavy (non-hydrogen) atoms. The van der Waals surface area contributed by atoms with Crippen molar-refractivity contribution in [2.75, 3.05) is 25.0 Å². The zero-order valence-electron chi connectivity index (χ0n) is 12.9. The number of nitrogens with one attached hydrogen (secondary N) is 1. The van der Waals surface area contributed by atoms with Gasteiger partial charge in [-0.2, -0.15) is 0 Å². The van der Waals surface area contributed by atoms with Crippen molar-refractivity contribution in [1.29, 1.82) is 0 Å². The van der Waals surface area contributed by atoms with E-state index in [1.54, 1.807) is 4.90 Å². The van der Waals surface area contributed by atoms with Crippen LogP contribution in [0.2, 0.25) is 0 Å². The zero-order chi connectivity index (χ0) is 14.5. The van der Waals surface area contributed by atoms with Crippen molar-refractivity contribution < 1.29 is 4.79 Å². The molecular weight excluding hydrogens is 248 g/mol. The van der Waals surface area contributed by atoms with Crippen molar-refractivity contribution in [2.45, 2.75) is 33.1 Å². The highest BCUT2D eigenvalue weighted by Crippen LogP contribution is 2.25. The van der Waals surface area contributed by atoms with Crippen molar-refractivity contribution in [3.05, 3.63) is 29.8 Å². The third-order valence-corrected chi connectivity index (χ3v) is 4.45. The molecule has 1 atom stereocenters. The van der Waals surface area contributed by atoms with E-state index < -0.39 is 0 Å². The fourth-order valence-corrected chi connectivity index (χ4v) is 2.97. The molecule has 1 aromatic carbocycles. The Morgan fingerprint density at radius 3 is 2.75 bits per heavy atom. The lowest BCUT2D eigenvalue weighted by Gasteiger charge is -2.29. The third-order valence-electron chi connectivity index (χ3n) is 4.45. The minimum absolute atomic E-state index is 0.224. The molecule has 0 radical (unpaired) electrons. The Morgan fingerprint density at radius 1 is 1.40 bits per heavy atom. The smallest absolute Gasteiger partial charge is 0.226 e. The summed E-state index contributed by atoms with van der Waals surface area (Å²) in [6.45, 7) is 6.46. The number of aryl methyl sites for hydroxylation is 1. The van der Waals surface area contributed by atoms with Gasteiger partial charge in [-0.3, -0.25) is 4.79 Å². The first-order valence-electron chi connectivity index (χ1n) is 7.62. The summed E-state index contributed by atoms with van der Waals surface area (Å²) >= 11 is 0. The molecule has 0 spiro atoms. The molecule has 1 heterocycles. The molecule has 1 fully saturated rings. The highest BCUT2D eigenvalue weighted by molar-refractivity contribution is 5.92. The van der Waals surface area contributed by atoms with Gasteiger partial charge in [-0.1, -0.05) is 19.1 Å². The topological polar surface area (TPSA) is 32.3 Å². The van der Waals surface area contributed by atoms with E-state index in [0.29, 0.717) is 18.3 Å². The lowest BCUT2D eigenvalue weighted by Crippen LogP contribution is -2.34. The van der Waals surface area contributed by atoms with E-state index in [1.807, 2.05) is 19.2 Å². The van der Waals surface area contributed by atoms with Crippen LogP contribution in [0.4, 0.5) is 5.69 Å². The minimum atomic E-state index is 0.224. The summed E-state index contributed by atoms with van der Waals surface area (Å²) in [5.74, 6) is 1.38. The third kappa shape index (κ3) is 3.83. The standard InChI is InChI=1S/C17H26N2O/c1-13-5-4-6-16(11-13)19(3)17(20)12-14(2)15-7-9-18-10-8-15/h4-6,11,14-15,18H,7-10,12H2,1-3H3. The van der Waals surface area contributed by atoms with Gasteiger partial charge >= 0.3 is 0 Å². The average Bonchev–Trinajstić information content (AvgIpc) is 2.47. The Labute approximate surface area is 122 Å². The van der Waals surface area contributed by atoms with Gasteiger partial charge < -0.3 is 10.2 Å². The second-order valence-corrected chi connectivity index (χ2v) is 6.06. The van der Waals surface area contributed by atoms with Gasteiger partial charge in [0.1, 0.15) is 0 Å². The summed E-state index contributed by atoms with van der Waals surface area (Å²) < 4.78 is 0. The molecule has 1 saturated heterocycles. The van der Waals surface area contributed by atoms with Crippen LogP contribution in [0.3, 0.4) is 0 Å². The number of piperidine rings is 1. The van der Waals surface area contributed by atoms with Crippen LogP contribution in [0.1, 0.15) is 31.7 Å². The molecule has 2 rings (SSSR count). The van der Waals surface area contributed by atoms with Gasteiger partial charge in [0.25, 0.3) is 0 Å². The van der Waals surface area contributed by atoms with E-state index >= 15 is 0 Å². The Morgan fingerprint density at radius 2 is 2.10 bits per heavy atom. The largest absolute Gasteiger partial charge is 0.317 e. The van der Waals surface area contributed by atoms with Crippen molar-refractivity contribution >= 4 is 11.6 Å². The number of anilines is 1. The predicted molar refractivity (Wildman–Crippen MR) is 84.0 cm³/mol. The molecule has 1 amide bonds. The molecule has 3 nitrogen and oxygen atoms in total. The lowest BCUT2D eigenvalue weighted by atomic mass is 9.84. The number of hydrogen-bond donors (Lipinski definition) is 1. The van der Waals surface area contributed by atoms with Gasteiger partial charge in [-0.15, -0.1) is 0 Å². The number of nitrogens with zero attached hydrogens (tertiary/aromatic N) is 1. The molecule has 1 aliphatic rings. The van der Waals surface area contributed by atoms with Crippen LogP contribution in [0.15, 0.2) is 24.3 Å². The van der Waals surface area contributed by atoms with Crippen LogP contribution in [0.5, 0.6) is 0 Å². The lowest BCUT2D eigenvalue weighted by molar-refractivity contribution is -0.119. The Bertz CT molecular complexity index is 452. The Balaban J connectivity index is 1.93. The van der Waals surface area contributed by atoms with Gasteiger partial charge in [0.05, 0.1) is 0 Å². The maximum atomic E-state index is 12.4. The van der Waals surface area contributed by atoms with Gasteiger partial charge in [0.15, 0.2) is 0 Å². The first-order chi connectivity index (χ1) is 9.58. The summed E-state index contributed by atoms with van der Waals surface area (Å²) in [7, 11) is 1.88. The summed E-state index contributed by atoms with van der Waals surface area (Å²) in [5, 5.41) is 3.38. The molecule has 0 bridgehead atoms. The first kappa shape index (κ1) is 15.0. The molecule has 1 aliphatic heterocycles. The number of carbonyl (C=O) groups excluding carboxylic acids is 1. The second kappa shape index (κ2) is 6.89. The molecule has 3 heteroatoms. The van der Waals surface area contributed by atoms with Gasteiger partial charge in [-0.05, 0) is 62.4 Å². The van der Waals surface area contributed by atoms with Crippen LogP contribution in [0, 0.1) is 18.8 Å². The molecular formula is C17H26N2O. The molecule has 1 aromatic rings. The number of rotatable bonds is 4. The fraction of sp³-hybridized carbons (Fsp3) is 0.588. The second-order valence-electron chi connectivity index (χ2n) is 6.06. The van der Waals surface area contributed by atoms with Crippen molar-refractivity contribution in [3.8, 4) is 0 Å². The molecule has 0 saturated carbocycles. The van der Waals surface area contributed by atoms with Crippen LogP contribution in [-0.2, 0) is 4.79 Å². The summed E-state index contributed by atoms with van der Waals surface area (Å²) in [4.78, 5) is 14.2. The van der Waals surface area contributed by atoms with Gasteiger partial charge in [-0.25, -0.2) is 0 Å². The summed E-state index contributed by atoms with van der Waals surface area (Å²) in [5.41, 5.74) is 2.18. The maximum absolute atomic E-state index is 12.4. The van der Waals surface area contributed by atoms with E-state index in [4.69, 9.17) is 0 Å². The highest BCUT2D eigenvalue weighted by Gasteiger charge is 2.23. The summed E-state index contributed by atoms with van der Waals surface area (Å²) in [6, 6.07) is 8.12. The van der Waals surface area contributed by atoms with E-state index in [9.17, 15) is 4.79 Å². The van der Waals surface area contributed by atoms with Crippen molar-refractivity contribution in [1.82, 2.24) is 5.32 Å². The maximum Gasteiger partial charge on any atom is 0.226 e. The van der Waals surface area contributed by atoms with E-state index in [-0.39, 0.29) is 5.91 Å². The Kier molecular flexibility index (Phi) is 5.18. The van der Waals surface area contributed by atoms with Crippen LogP contribution in [-0.4, -0.2) is 26.0 Å². The first-order valence-corrected chi connectivity index (χ1v) is 7.62. The number of hydrogen-bond acceptors (Lipinski definition) is 2. The molecule has 0 aliphatic carbocycles. The number of benzene rings is 1. The SMILES string of the molecule is Cc1cccc(N(C)C(=O)CC(C)C2CCNCC2)c1. The summed E-state index contributed by atoms with van der Waals surface area (Å²) in [6.07, 6.45) is 3.04. The van der Waals surface area contributed by atoms with Crippen molar-refractivity contribution in [2.24, 2.45) is 11.8 Å². The predicted octanol–water partition coefficient (Wildman–Crippen LogP) is 2.98. The molecule has 110 valence electrons. The normalized spacial score (nSPS) is 17.8. The molecule has 1 N–H and O–H groups in total. The van der Waals surface area contributed by atoms with Gasteiger partial charge in [0.2, 0.25) is 5.91 Å².